The van der Waals surface area contributed by atoms with Gasteiger partial charge < -0.3 is 5.73 Å². The quantitative estimate of drug-likeness (QED) is 0.887. The van der Waals surface area contributed by atoms with E-state index in [9.17, 15) is 4.39 Å². The average molecular weight is 278 g/mol. The molecule has 0 bridgehead atoms. The van der Waals surface area contributed by atoms with Gasteiger partial charge in [0.1, 0.15) is 5.82 Å². The molecule has 2 N–H and O–H groups in total. The number of hydrogen-bond acceptors (Lipinski definition) is 1. The minimum absolute atomic E-state index is 0.222. The minimum atomic E-state index is -0.340. The first-order chi connectivity index (χ1) is 9.10. The maximum Gasteiger partial charge on any atom is 0.124 e. The fourth-order valence-electron chi connectivity index (χ4n) is 2.08. The fourth-order valence-corrected chi connectivity index (χ4v) is 2.38. The molecule has 2 aromatic carbocycles. The van der Waals surface area contributed by atoms with Gasteiger partial charge in [0, 0.05) is 11.1 Å². The highest BCUT2D eigenvalue weighted by Crippen LogP contribution is 2.25. The Balaban J connectivity index is 2.13. The Morgan fingerprint density at radius 3 is 2.32 bits per heavy atom. The van der Waals surface area contributed by atoms with E-state index in [1.807, 2.05) is 0 Å². The van der Waals surface area contributed by atoms with Crippen LogP contribution in [0.15, 0.2) is 42.5 Å². The first kappa shape index (κ1) is 14.0. The van der Waals surface area contributed by atoms with Crippen molar-refractivity contribution in [2.75, 3.05) is 0 Å². The second-order valence-corrected chi connectivity index (χ2v) is 5.05. The second kappa shape index (κ2) is 6.18. The van der Waals surface area contributed by atoms with Crippen LogP contribution in [0.1, 0.15) is 29.7 Å². The third-order valence-electron chi connectivity index (χ3n) is 3.25. The number of halogens is 2. The molecule has 1 atom stereocenters. The molecule has 0 spiro atoms. The highest BCUT2D eigenvalue weighted by atomic mass is 35.5. The maximum atomic E-state index is 13.0. The lowest BCUT2D eigenvalue weighted by atomic mass is 9.98. The summed E-state index contributed by atoms with van der Waals surface area (Å²) >= 11 is 6.02. The molecular weight excluding hydrogens is 261 g/mol. The van der Waals surface area contributed by atoms with Crippen molar-refractivity contribution in [1.29, 1.82) is 0 Å². The Bertz CT molecular complexity index is 551. The lowest BCUT2D eigenvalue weighted by molar-refractivity contribution is 0.624. The number of rotatable bonds is 4. The topological polar surface area (TPSA) is 26.0 Å². The van der Waals surface area contributed by atoms with Gasteiger partial charge in [0.15, 0.2) is 0 Å². The van der Waals surface area contributed by atoms with Crippen LogP contribution in [0.4, 0.5) is 4.39 Å². The predicted octanol–water partition coefficient (Wildman–Crippen LogP) is 4.28. The molecule has 0 heterocycles. The van der Waals surface area contributed by atoms with E-state index in [4.69, 9.17) is 17.3 Å². The van der Waals surface area contributed by atoms with Crippen molar-refractivity contribution >= 4 is 11.6 Å². The van der Waals surface area contributed by atoms with Crippen LogP contribution in [0.25, 0.3) is 0 Å². The van der Waals surface area contributed by atoms with Gasteiger partial charge in [-0.3, -0.25) is 0 Å². The minimum Gasteiger partial charge on any atom is -0.324 e. The molecule has 2 rings (SSSR count). The summed E-state index contributed by atoms with van der Waals surface area (Å²) in [6.45, 7) is 2.12. The van der Waals surface area contributed by atoms with Gasteiger partial charge in [-0.1, -0.05) is 48.9 Å². The van der Waals surface area contributed by atoms with Crippen LogP contribution in [-0.2, 0) is 12.8 Å². The summed E-state index contributed by atoms with van der Waals surface area (Å²) in [4.78, 5) is 0. The van der Waals surface area contributed by atoms with Crippen LogP contribution in [0.3, 0.4) is 0 Å². The first-order valence-corrected chi connectivity index (χ1v) is 6.76. The van der Waals surface area contributed by atoms with Crippen LogP contribution in [0.5, 0.6) is 0 Å². The van der Waals surface area contributed by atoms with Gasteiger partial charge in [-0.15, -0.1) is 0 Å². The van der Waals surface area contributed by atoms with Gasteiger partial charge >= 0.3 is 0 Å². The van der Waals surface area contributed by atoms with Crippen LogP contribution in [0.2, 0.25) is 5.02 Å². The number of hydrogen-bond donors (Lipinski definition) is 1. The molecule has 0 fully saturated rings. The third-order valence-corrected chi connectivity index (χ3v) is 3.58. The summed E-state index contributed by atoms with van der Waals surface area (Å²) in [5.41, 5.74) is 9.38. The summed E-state index contributed by atoms with van der Waals surface area (Å²) in [5, 5.41) is 0.387. The first-order valence-electron chi connectivity index (χ1n) is 6.38. The summed E-state index contributed by atoms with van der Waals surface area (Å²) in [7, 11) is 0. The molecule has 3 heteroatoms. The number of benzene rings is 2. The lowest BCUT2D eigenvalue weighted by Crippen LogP contribution is -2.14. The van der Waals surface area contributed by atoms with Gasteiger partial charge in [0.2, 0.25) is 0 Å². The van der Waals surface area contributed by atoms with Crippen molar-refractivity contribution in [3.05, 3.63) is 70.0 Å². The van der Waals surface area contributed by atoms with E-state index in [-0.39, 0.29) is 11.9 Å². The Morgan fingerprint density at radius 1 is 1.11 bits per heavy atom. The average Bonchev–Trinajstić information content (AvgIpc) is 2.39. The van der Waals surface area contributed by atoms with Gasteiger partial charge in [-0.05, 0) is 41.7 Å². The molecule has 0 aliphatic rings. The predicted molar refractivity (Wildman–Crippen MR) is 77.9 cm³/mol. The van der Waals surface area contributed by atoms with E-state index < -0.39 is 0 Å². The van der Waals surface area contributed by atoms with Gasteiger partial charge in [-0.25, -0.2) is 4.39 Å². The van der Waals surface area contributed by atoms with Gasteiger partial charge in [0.05, 0.1) is 0 Å². The second-order valence-electron chi connectivity index (χ2n) is 4.65. The van der Waals surface area contributed by atoms with Crippen LogP contribution >= 0.6 is 11.6 Å². The van der Waals surface area contributed by atoms with Crippen LogP contribution in [-0.4, -0.2) is 0 Å². The lowest BCUT2D eigenvalue weighted by Gasteiger charge is -2.14. The molecule has 0 aliphatic heterocycles. The van der Waals surface area contributed by atoms with Crippen LogP contribution < -0.4 is 5.73 Å². The van der Waals surface area contributed by atoms with E-state index in [0.717, 1.165) is 17.5 Å². The van der Waals surface area contributed by atoms with Crippen molar-refractivity contribution in [3.63, 3.8) is 0 Å². The molecule has 100 valence electrons. The molecule has 0 aromatic heterocycles. The van der Waals surface area contributed by atoms with E-state index >= 15 is 0 Å². The zero-order valence-corrected chi connectivity index (χ0v) is 11.6. The summed E-state index contributed by atoms with van der Waals surface area (Å²) in [6.07, 6.45) is 1.71. The zero-order valence-electron chi connectivity index (χ0n) is 10.9. The Labute approximate surface area is 118 Å². The van der Waals surface area contributed by atoms with Crippen molar-refractivity contribution < 1.29 is 4.39 Å². The molecule has 0 aliphatic carbocycles. The highest BCUT2D eigenvalue weighted by molar-refractivity contribution is 6.31. The fraction of sp³-hybridized carbons (Fsp3) is 0.250. The van der Waals surface area contributed by atoms with Crippen molar-refractivity contribution in [2.45, 2.75) is 25.8 Å². The van der Waals surface area contributed by atoms with Gasteiger partial charge in [-0.2, -0.15) is 0 Å². The SMILES string of the molecule is CCc1ccc(CC(N)c2ccc(F)cc2Cl)cc1. The summed E-state index contributed by atoms with van der Waals surface area (Å²) in [6, 6.07) is 12.5. The smallest absolute Gasteiger partial charge is 0.124 e. The Morgan fingerprint density at radius 2 is 1.74 bits per heavy atom. The maximum absolute atomic E-state index is 13.0. The molecule has 0 amide bonds. The van der Waals surface area contributed by atoms with E-state index in [1.165, 1.54) is 17.7 Å². The largest absolute Gasteiger partial charge is 0.324 e. The van der Waals surface area contributed by atoms with Crippen molar-refractivity contribution in [2.24, 2.45) is 5.73 Å². The van der Waals surface area contributed by atoms with Crippen molar-refractivity contribution in [1.82, 2.24) is 0 Å². The molecule has 1 unspecified atom stereocenters. The van der Waals surface area contributed by atoms with E-state index in [2.05, 4.69) is 31.2 Å². The molecule has 0 saturated carbocycles. The van der Waals surface area contributed by atoms with Gasteiger partial charge in [0.25, 0.3) is 0 Å². The molecule has 1 nitrogen and oxygen atoms in total. The highest BCUT2D eigenvalue weighted by Gasteiger charge is 2.11. The van der Waals surface area contributed by atoms with Crippen molar-refractivity contribution in [3.8, 4) is 0 Å². The monoisotopic (exact) mass is 277 g/mol. The normalized spacial score (nSPS) is 12.4. The number of aryl methyl sites for hydroxylation is 1. The molecule has 0 saturated heterocycles. The zero-order chi connectivity index (χ0) is 13.8. The van der Waals surface area contributed by atoms with E-state index in [1.54, 1.807) is 6.07 Å². The van der Waals surface area contributed by atoms with E-state index in [0.29, 0.717) is 11.4 Å². The number of nitrogens with two attached hydrogens (primary N) is 1. The molecule has 19 heavy (non-hydrogen) atoms. The Kier molecular flexibility index (Phi) is 4.56. The molecular formula is C16H17ClFN. The summed E-state index contributed by atoms with van der Waals surface area (Å²) < 4.78 is 13.0. The molecule has 0 radical (unpaired) electrons. The molecule has 2 aromatic rings. The third kappa shape index (κ3) is 3.55. The van der Waals surface area contributed by atoms with Crippen LogP contribution in [0, 0.1) is 5.82 Å². The summed E-state index contributed by atoms with van der Waals surface area (Å²) in [5.74, 6) is -0.340. The standard InChI is InChI=1S/C16H17ClFN/c1-2-11-3-5-12(6-4-11)9-16(19)14-8-7-13(18)10-15(14)17/h3-8,10,16H,2,9,19H2,1H3. The Hall–Kier alpha value is -1.38.